The Hall–Kier alpha value is -3.78. The maximum Gasteiger partial charge on any atom is 0.284 e. The number of carbonyl (C=O) groups is 2. The SMILES string of the molecule is CCCN1C(c2ccccc2)=CC(C(=O)NCCCN2CCN(c3ccc4oc(C(N)=O)cc4c3)CC2)C1C. The van der Waals surface area contributed by atoms with E-state index in [9.17, 15) is 9.59 Å². The van der Waals surface area contributed by atoms with Gasteiger partial charge in [-0.05, 0) is 62.2 Å². The molecule has 8 nitrogen and oxygen atoms in total. The van der Waals surface area contributed by atoms with Crippen molar-refractivity contribution in [3.8, 4) is 0 Å². The standard InChI is InChI=1S/C31H39N5O3/c1-3-13-36-22(2)26(21-27(36)23-8-5-4-6-9-23)31(38)33-12-7-14-34-15-17-35(18-16-34)25-10-11-28-24(19-25)20-29(39-28)30(32)37/h4-6,8-11,19-22,26H,3,7,12-18H2,1-2H3,(H2,32,37)(H,33,38). The Labute approximate surface area is 230 Å². The lowest BCUT2D eigenvalue weighted by molar-refractivity contribution is -0.124. The summed E-state index contributed by atoms with van der Waals surface area (Å²) in [4.78, 5) is 31.7. The van der Waals surface area contributed by atoms with Gasteiger partial charge in [0.15, 0.2) is 5.76 Å². The van der Waals surface area contributed by atoms with Crippen LogP contribution in [-0.4, -0.2) is 73.5 Å². The van der Waals surface area contributed by atoms with Crippen LogP contribution in [0.25, 0.3) is 16.7 Å². The number of piperazine rings is 1. The molecule has 0 radical (unpaired) electrons. The molecule has 39 heavy (non-hydrogen) atoms. The average molecular weight is 530 g/mol. The Morgan fingerprint density at radius 1 is 1.03 bits per heavy atom. The number of carbonyl (C=O) groups excluding carboxylic acids is 2. The quantitative estimate of drug-likeness (QED) is 0.387. The first kappa shape index (κ1) is 26.8. The number of nitrogens with one attached hydrogen (secondary N) is 1. The molecule has 0 spiro atoms. The molecule has 2 aromatic carbocycles. The van der Waals surface area contributed by atoms with Crippen LogP contribution in [0.3, 0.4) is 0 Å². The van der Waals surface area contributed by atoms with Crippen LogP contribution in [0.1, 0.15) is 42.8 Å². The Bertz CT molecular complexity index is 1330. The number of fused-ring (bicyclic) bond motifs is 1. The fourth-order valence-corrected chi connectivity index (χ4v) is 5.76. The van der Waals surface area contributed by atoms with Crippen molar-refractivity contribution >= 4 is 34.2 Å². The fourth-order valence-electron chi connectivity index (χ4n) is 5.76. The van der Waals surface area contributed by atoms with Crippen molar-refractivity contribution in [2.75, 3.05) is 50.7 Å². The summed E-state index contributed by atoms with van der Waals surface area (Å²) >= 11 is 0. The molecule has 2 aliphatic rings. The molecule has 1 fully saturated rings. The van der Waals surface area contributed by atoms with Crippen molar-refractivity contribution < 1.29 is 14.0 Å². The summed E-state index contributed by atoms with van der Waals surface area (Å²) < 4.78 is 5.50. The molecule has 3 aromatic rings. The van der Waals surface area contributed by atoms with E-state index in [1.54, 1.807) is 6.07 Å². The average Bonchev–Trinajstić information content (AvgIpc) is 3.53. The topological polar surface area (TPSA) is 95.1 Å². The third-order valence-corrected chi connectivity index (χ3v) is 7.93. The minimum absolute atomic E-state index is 0.119. The van der Waals surface area contributed by atoms with Gasteiger partial charge in [-0.3, -0.25) is 14.5 Å². The molecule has 206 valence electrons. The molecule has 1 aromatic heterocycles. The van der Waals surface area contributed by atoms with Crippen molar-refractivity contribution in [1.29, 1.82) is 0 Å². The number of hydrogen-bond donors (Lipinski definition) is 2. The third-order valence-electron chi connectivity index (χ3n) is 7.93. The number of nitrogens with two attached hydrogens (primary N) is 1. The van der Waals surface area contributed by atoms with Gasteiger partial charge >= 0.3 is 0 Å². The van der Waals surface area contributed by atoms with Crippen molar-refractivity contribution in [1.82, 2.24) is 15.1 Å². The second kappa shape index (κ2) is 11.9. The van der Waals surface area contributed by atoms with Crippen molar-refractivity contribution in [3.63, 3.8) is 0 Å². The number of hydrogen-bond acceptors (Lipinski definition) is 6. The van der Waals surface area contributed by atoms with Gasteiger partial charge in [0.1, 0.15) is 5.58 Å². The molecular weight excluding hydrogens is 490 g/mol. The van der Waals surface area contributed by atoms with Gasteiger partial charge in [0.25, 0.3) is 5.91 Å². The molecular formula is C31H39N5O3. The zero-order valence-electron chi connectivity index (χ0n) is 22.9. The first-order valence-electron chi connectivity index (χ1n) is 14.1. The zero-order valence-corrected chi connectivity index (χ0v) is 22.9. The van der Waals surface area contributed by atoms with Crippen LogP contribution in [0.2, 0.25) is 0 Å². The lowest BCUT2D eigenvalue weighted by atomic mass is 10.0. The molecule has 0 aliphatic carbocycles. The van der Waals surface area contributed by atoms with E-state index in [0.717, 1.165) is 63.2 Å². The number of amides is 2. The Morgan fingerprint density at radius 3 is 2.51 bits per heavy atom. The predicted molar refractivity (Wildman–Crippen MR) is 155 cm³/mol. The molecule has 0 saturated carbocycles. The maximum absolute atomic E-state index is 13.1. The van der Waals surface area contributed by atoms with E-state index in [-0.39, 0.29) is 23.6 Å². The highest BCUT2D eigenvalue weighted by Crippen LogP contribution is 2.34. The summed E-state index contributed by atoms with van der Waals surface area (Å²) in [5.41, 5.74) is 9.48. The maximum atomic E-state index is 13.1. The summed E-state index contributed by atoms with van der Waals surface area (Å²) in [7, 11) is 0. The molecule has 1 saturated heterocycles. The number of anilines is 1. The van der Waals surface area contributed by atoms with Gasteiger partial charge in [0.05, 0.1) is 5.92 Å². The van der Waals surface area contributed by atoms with Crippen LogP contribution in [0.15, 0.2) is 65.1 Å². The molecule has 8 heteroatoms. The third kappa shape index (κ3) is 5.96. The van der Waals surface area contributed by atoms with Crippen molar-refractivity contribution in [2.24, 2.45) is 11.7 Å². The van der Waals surface area contributed by atoms with E-state index >= 15 is 0 Å². The number of primary amides is 1. The Balaban J connectivity index is 1.08. The van der Waals surface area contributed by atoms with Gasteiger partial charge in [-0.25, -0.2) is 0 Å². The van der Waals surface area contributed by atoms with Gasteiger partial charge < -0.3 is 25.3 Å². The molecule has 3 N–H and O–H groups in total. The summed E-state index contributed by atoms with van der Waals surface area (Å²) in [5, 5.41) is 4.09. The number of benzene rings is 2. The van der Waals surface area contributed by atoms with Gasteiger partial charge in [0, 0.05) is 62.1 Å². The highest BCUT2D eigenvalue weighted by atomic mass is 16.3. The number of nitrogens with zero attached hydrogens (tertiary/aromatic N) is 3. The van der Waals surface area contributed by atoms with Crippen LogP contribution in [0, 0.1) is 5.92 Å². The fraction of sp³-hybridized carbons (Fsp3) is 0.419. The monoisotopic (exact) mass is 529 g/mol. The van der Waals surface area contributed by atoms with Gasteiger partial charge in [-0.2, -0.15) is 0 Å². The molecule has 3 heterocycles. The van der Waals surface area contributed by atoms with Gasteiger partial charge in [-0.1, -0.05) is 37.3 Å². The second-order valence-electron chi connectivity index (χ2n) is 10.5. The molecule has 5 rings (SSSR count). The van der Waals surface area contributed by atoms with Crippen LogP contribution in [0.4, 0.5) is 5.69 Å². The molecule has 2 aliphatic heterocycles. The van der Waals surface area contributed by atoms with E-state index in [2.05, 4.69) is 70.3 Å². The largest absolute Gasteiger partial charge is 0.451 e. The van der Waals surface area contributed by atoms with Gasteiger partial charge in [0.2, 0.25) is 5.91 Å². The highest BCUT2D eigenvalue weighted by molar-refractivity contribution is 5.95. The van der Waals surface area contributed by atoms with E-state index < -0.39 is 5.91 Å². The molecule has 0 bridgehead atoms. The molecule has 2 atom stereocenters. The Morgan fingerprint density at radius 2 is 1.79 bits per heavy atom. The van der Waals surface area contributed by atoms with Crippen molar-refractivity contribution in [3.05, 3.63) is 72.0 Å². The lowest BCUT2D eigenvalue weighted by Crippen LogP contribution is -2.47. The van der Waals surface area contributed by atoms with E-state index in [0.29, 0.717) is 12.1 Å². The van der Waals surface area contributed by atoms with Crippen LogP contribution >= 0.6 is 0 Å². The summed E-state index contributed by atoms with van der Waals surface area (Å²) in [5.74, 6) is -0.384. The minimum Gasteiger partial charge on any atom is -0.451 e. The van der Waals surface area contributed by atoms with Crippen LogP contribution in [-0.2, 0) is 4.79 Å². The summed E-state index contributed by atoms with van der Waals surface area (Å²) in [6.07, 6.45) is 4.13. The van der Waals surface area contributed by atoms with Gasteiger partial charge in [-0.15, -0.1) is 0 Å². The first-order valence-corrected chi connectivity index (χ1v) is 14.1. The number of rotatable bonds is 10. The first-order chi connectivity index (χ1) is 18.9. The minimum atomic E-state index is -0.554. The normalized spacial score (nSPS) is 19.9. The highest BCUT2D eigenvalue weighted by Gasteiger charge is 2.35. The van der Waals surface area contributed by atoms with E-state index in [1.165, 1.54) is 11.3 Å². The van der Waals surface area contributed by atoms with Crippen LogP contribution < -0.4 is 16.0 Å². The zero-order chi connectivity index (χ0) is 27.4. The number of furan rings is 1. The lowest BCUT2D eigenvalue weighted by Gasteiger charge is -2.36. The van der Waals surface area contributed by atoms with E-state index in [1.807, 2.05) is 18.2 Å². The van der Waals surface area contributed by atoms with E-state index in [4.69, 9.17) is 10.2 Å². The Kier molecular flexibility index (Phi) is 8.21. The van der Waals surface area contributed by atoms with Crippen molar-refractivity contribution in [2.45, 2.75) is 32.7 Å². The second-order valence-corrected chi connectivity index (χ2v) is 10.5. The molecule has 2 amide bonds. The predicted octanol–water partition coefficient (Wildman–Crippen LogP) is 3.93. The molecule has 2 unspecified atom stereocenters. The summed E-state index contributed by atoms with van der Waals surface area (Å²) in [6, 6.07) is 18.2. The summed E-state index contributed by atoms with van der Waals surface area (Å²) in [6.45, 7) is 10.7. The van der Waals surface area contributed by atoms with Crippen LogP contribution in [0.5, 0.6) is 0 Å². The smallest absolute Gasteiger partial charge is 0.284 e.